The van der Waals surface area contributed by atoms with Crippen LogP contribution in [0.5, 0.6) is 5.75 Å². The Morgan fingerprint density at radius 2 is 1.90 bits per heavy atom. The van der Waals surface area contributed by atoms with Crippen LogP contribution in [-0.4, -0.2) is 46.8 Å². The molecule has 21 heavy (non-hydrogen) atoms. The van der Waals surface area contributed by atoms with Gasteiger partial charge in [0.1, 0.15) is 12.4 Å². The van der Waals surface area contributed by atoms with Crippen LogP contribution in [0.25, 0.3) is 0 Å². The SMILES string of the molecule is CCNC(c1ccccc1OCCOC)C(C)S(C)(=O)=O. The minimum absolute atomic E-state index is 0.302. The highest BCUT2D eigenvalue weighted by atomic mass is 32.2. The third-order valence-electron chi connectivity index (χ3n) is 3.37. The Bertz CT molecular complexity index is 530. The zero-order valence-electron chi connectivity index (χ0n) is 13.1. The van der Waals surface area contributed by atoms with Gasteiger partial charge in [-0.3, -0.25) is 0 Å². The summed E-state index contributed by atoms with van der Waals surface area (Å²) in [6.07, 6.45) is 1.26. The molecule has 120 valence electrons. The quantitative estimate of drug-likeness (QED) is 0.704. The van der Waals surface area contributed by atoms with E-state index >= 15 is 0 Å². The molecule has 1 aromatic carbocycles. The lowest BCUT2D eigenvalue weighted by molar-refractivity contribution is 0.145. The maximum Gasteiger partial charge on any atom is 0.151 e. The molecule has 0 saturated heterocycles. The number of ether oxygens (including phenoxy) is 2. The average Bonchev–Trinajstić information content (AvgIpc) is 2.44. The van der Waals surface area contributed by atoms with Crippen LogP contribution in [0.4, 0.5) is 0 Å². The minimum Gasteiger partial charge on any atom is -0.491 e. The van der Waals surface area contributed by atoms with Crippen LogP contribution >= 0.6 is 0 Å². The average molecular weight is 315 g/mol. The lowest BCUT2D eigenvalue weighted by Crippen LogP contribution is -2.35. The molecule has 2 unspecified atom stereocenters. The smallest absolute Gasteiger partial charge is 0.151 e. The van der Waals surface area contributed by atoms with E-state index in [-0.39, 0.29) is 6.04 Å². The van der Waals surface area contributed by atoms with Gasteiger partial charge in [0, 0.05) is 18.9 Å². The van der Waals surface area contributed by atoms with E-state index in [4.69, 9.17) is 9.47 Å². The summed E-state index contributed by atoms with van der Waals surface area (Å²) in [4.78, 5) is 0. The van der Waals surface area contributed by atoms with E-state index < -0.39 is 15.1 Å². The first-order chi connectivity index (χ1) is 9.91. The predicted octanol–water partition coefficient (Wildman–Crippen LogP) is 1.80. The van der Waals surface area contributed by atoms with Crippen molar-refractivity contribution in [3.63, 3.8) is 0 Å². The van der Waals surface area contributed by atoms with Crippen molar-refractivity contribution in [1.82, 2.24) is 5.32 Å². The summed E-state index contributed by atoms with van der Waals surface area (Å²) in [6.45, 7) is 5.27. The van der Waals surface area contributed by atoms with Gasteiger partial charge in [0.2, 0.25) is 0 Å². The second-order valence-electron chi connectivity index (χ2n) is 4.95. The van der Waals surface area contributed by atoms with E-state index in [0.717, 1.165) is 5.56 Å². The molecule has 6 heteroatoms. The van der Waals surface area contributed by atoms with Gasteiger partial charge >= 0.3 is 0 Å². The predicted molar refractivity (Wildman–Crippen MR) is 84.5 cm³/mol. The molecule has 0 aliphatic carbocycles. The van der Waals surface area contributed by atoms with Crippen LogP contribution < -0.4 is 10.1 Å². The number of rotatable bonds is 9. The number of para-hydroxylation sites is 1. The lowest BCUT2D eigenvalue weighted by atomic mass is 10.0. The van der Waals surface area contributed by atoms with Crippen LogP contribution in [-0.2, 0) is 14.6 Å². The van der Waals surface area contributed by atoms with Crippen molar-refractivity contribution in [2.45, 2.75) is 25.1 Å². The number of sulfone groups is 1. The summed E-state index contributed by atoms with van der Waals surface area (Å²) in [5.74, 6) is 0.691. The van der Waals surface area contributed by atoms with Crippen molar-refractivity contribution in [1.29, 1.82) is 0 Å². The Balaban J connectivity index is 3.07. The van der Waals surface area contributed by atoms with Crippen molar-refractivity contribution in [3.8, 4) is 5.75 Å². The highest BCUT2D eigenvalue weighted by Gasteiger charge is 2.28. The molecule has 0 spiro atoms. The van der Waals surface area contributed by atoms with E-state index in [1.54, 1.807) is 14.0 Å². The maximum absolute atomic E-state index is 11.9. The fourth-order valence-corrected chi connectivity index (χ4v) is 2.84. The lowest BCUT2D eigenvalue weighted by Gasteiger charge is -2.26. The molecule has 5 nitrogen and oxygen atoms in total. The minimum atomic E-state index is -3.16. The van der Waals surface area contributed by atoms with Gasteiger partial charge in [-0.05, 0) is 19.5 Å². The highest BCUT2D eigenvalue weighted by Crippen LogP contribution is 2.29. The van der Waals surface area contributed by atoms with Crippen LogP contribution in [0.15, 0.2) is 24.3 Å². The molecule has 1 rings (SSSR count). The fraction of sp³-hybridized carbons (Fsp3) is 0.600. The van der Waals surface area contributed by atoms with E-state index in [0.29, 0.717) is 25.5 Å². The molecule has 0 saturated carbocycles. The van der Waals surface area contributed by atoms with Gasteiger partial charge in [0.15, 0.2) is 9.84 Å². The second kappa shape index (κ2) is 8.36. The van der Waals surface area contributed by atoms with Crippen LogP contribution in [0.1, 0.15) is 25.5 Å². The monoisotopic (exact) mass is 315 g/mol. The van der Waals surface area contributed by atoms with Crippen molar-refractivity contribution >= 4 is 9.84 Å². The standard InChI is InChI=1S/C15H25NO4S/c1-5-16-15(12(2)21(4,17)18)13-8-6-7-9-14(13)20-11-10-19-3/h6-9,12,15-16H,5,10-11H2,1-4H3. The Labute approximate surface area is 127 Å². The van der Waals surface area contributed by atoms with Gasteiger partial charge < -0.3 is 14.8 Å². The summed E-state index contributed by atoms with van der Waals surface area (Å²) >= 11 is 0. The molecule has 0 aliphatic rings. The zero-order valence-corrected chi connectivity index (χ0v) is 13.9. The number of nitrogens with one attached hydrogen (secondary N) is 1. The van der Waals surface area contributed by atoms with Gasteiger partial charge in [-0.2, -0.15) is 0 Å². The van der Waals surface area contributed by atoms with Crippen molar-refractivity contribution in [2.24, 2.45) is 0 Å². The normalized spacial score (nSPS) is 14.7. The summed E-state index contributed by atoms with van der Waals surface area (Å²) in [5, 5.41) is 2.71. The number of benzene rings is 1. The van der Waals surface area contributed by atoms with E-state index in [1.807, 2.05) is 31.2 Å². The summed E-state index contributed by atoms with van der Waals surface area (Å²) in [6, 6.07) is 7.21. The molecule has 0 aliphatic heterocycles. The number of methoxy groups -OCH3 is 1. The molecule has 2 atom stereocenters. The third-order valence-corrected chi connectivity index (χ3v) is 4.99. The summed E-state index contributed by atoms with van der Waals surface area (Å²) in [5.41, 5.74) is 0.855. The van der Waals surface area contributed by atoms with Crippen LogP contribution in [0.2, 0.25) is 0 Å². The Kier molecular flexibility index (Phi) is 7.14. The number of hydrogen-bond acceptors (Lipinski definition) is 5. The topological polar surface area (TPSA) is 64.6 Å². The Morgan fingerprint density at radius 3 is 2.48 bits per heavy atom. The number of hydrogen-bond donors (Lipinski definition) is 1. The summed E-state index contributed by atoms with van der Waals surface area (Å²) in [7, 11) is -1.54. The third kappa shape index (κ3) is 5.30. The fourth-order valence-electron chi connectivity index (χ4n) is 2.10. The van der Waals surface area contributed by atoms with Gasteiger partial charge in [0.25, 0.3) is 0 Å². The molecule has 0 bridgehead atoms. The molecular weight excluding hydrogens is 290 g/mol. The molecule has 1 N–H and O–H groups in total. The van der Waals surface area contributed by atoms with Crippen LogP contribution in [0, 0.1) is 0 Å². The second-order valence-corrected chi connectivity index (χ2v) is 7.35. The maximum atomic E-state index is 11.9. The first kappa shape index (κ1) is 17.9. The van der Waals surface area contributed by atoms with Gasteiger partial charge in [0.05, 0.1) is 17.9 Å². The van der Waals surface area contributed by atoms with E-state index in [9.17, 15) is 8.42 Å². The van der Waals surface area contributed by atoms with E-state index in [2.05, 4.69) is 5.32 Å². The molecule has 0 heterocycles. The van der Waals surface area contributed by atoms with Crippen molar-refractivity contribution < 1.29 is 17.9 Å². The zero-order chi connectivity index (χ0) is 15.9. The Hall–Kier alpha value is -1.11. The van der Waals surface area contributed by atoms with Crippen molar-refractivity contribution in [2.75, 3.05) is 33.1 Å². The van der Waals surface area contributed by atoms with E-state index in [1.165, 1.54) is 6.26 Å². The first-order valence-corrected chi connectivity index (χ1v) is 9.00. The van der Waals surface area contributed by atoms with Gasteiger partial charge in [-0.25, -0.2) is 8.42 Å². The molecule has 0 fully saturated rings. The summed E-state index contributed by atoms with van der Waals surface area (Å²) < 4.78 is 34.5. The Morgan fingerprint density at radius 1 is 1.24 bits per heavy atom. The van der Waals surface area contributed by atoms with Crippen molar-refractivity contribution in [3.05, 3.63) is 29.8 Å². The van der Waals surface area contributed by atoms with Gasteiger partial charge in [-0.1, -0.05) is 25.1 Å². The van der Waals surface area contributed by atoms with Crippen LogP contribution in [0.3, 0.4) is 0 Å². The molecular formula is C15H25NO4S. The molecule has 0 aromatic heterocycles. The largest absolute Gasteiger partial charge is 0.491 e. The first-order valence-electron chi connectivity index (χ1n) is 7.04. The highest BCUT2D eigenvalue weighted by molar-refractivity contribution is 7.91. The molecule has 1 aromatic rings. The molecule has 0 radical (unpaired) electrons. The molecule has 0 amide bonds. The van der Waals surface area contributed by atoms with Gasteiger partial charge in [-0.15, -0.1) is 0 Å².